The van der Waals surface area contributed by atoms with Gasteiger partial charge in [-0.2, -0.15) is 0 Å². The molecule has 5 heteroatoms. The van der Waals surface area contributed by atoms with Crippen molar-refractivity contribution in [1.82, 2.24) is 0 Å². The van der Waals surface area contributed by atoms with Crippen molar-refractivity contribution in [2.75, 3.05) is 13.2 Å². The molecule has 0 aliphatic carbocycles. The van der Waals surface area contributed by atoms with Crippen LogP contribution in [0.2, 0.25) is 5.02 Å². The van der Waals surface area contributed by atoms with E-state index in [0.717, 1.165) is 17.5 Å². The highest BCUT2D eigenvalue weighted by Crippen LogP contribution is 2.37. The summed E-state index contributed by atoms with van der Waals surface area (Å²) in [6, 6.07) is 1.27. The Morgan fingerprint density at radius 2 is 2.05 bits per heavy atom. The molecular formula is C15H24ClNO3. The Morgan fingerprint density at radius 3 is 2.60 bits per heavy atom. The lowest BCUT2D eigenvalue weighted by atomic mass is 9.94. The van der Waals surface area contributed by atoms with Gasteiger partial charge in [0.05, 0.1) is 12.7 Å². The van der Waals surface area contributed by atoms with Crippen LogP contribution >= 0.6 is 11.6 Å². The second kappa shape index (κ2) is 7.84. The third-order valence-electron chi connectivity index (χ3n) is 3.32. The van der Waals surface area contributed by atoms with Crippen molar-refractivity contribution in [2.24, 2.45) is 5.73 Å². The van der Waals surface area contributed by atoms with Gasteiger partial charge in [0.2, 0.25) is 0 Å². The summed E-state index contributed by atoms with van der Waals surface area (Å²) in [5.74, 6) is 0.618. The zero-order chi connectivity index (χ0) is 15.3. The number of ether oxygens (including phenoxy) is 1. The van der Waals surface area contributed by atoms with Gasteiger partial charge in [-0.15, -0.1) is 0 Å². The monoisotopic (exact) mass is 301 g/mol. The van der Waals surface area contributed by atoms with E-state index in [9.17, 15) is 5.11 Å². The smallest absolute Gasteiger partial charge is 0.125 e. The van der Waals surface area contributed by atoms with Gasteiger partial charge in [0, 0.05) is 23.2 Å². The summed E-state index contributed by atoms with van der Waals surface area (Å²) in [4.78, 5) is 0. The van der Waals surface area contributed by atoms with Crippen LogP contribution in [0, 0.1) is 13.8 Å². The van der Waals surface area contributed by atoms with Crippen molar-refractivity contribution in [2.45, 2.75) is 45.8 Å². The molecule has 0 heterocycles. The van der Waals surface area contributed by atoms with Gasteiger partial charge in [-0.25, -0.2) is 0 Å². The Kier molecular flexibility index (Phi) is 6.76. The van der Waals surface area contributed by atoms with Gasteiger partial charge in [-0.1, -0.05) is 18.5 Å². The molecule has 0 amide bonds. The quantitative estimate of drug-likeness (QED) is 0.723. The van der Waals surface area contributed by atoms with Crippen LogP contribution in [0.5, 0.6) is 5.75 Å². The topological polar surface area (TPSA) is 75.7 Å². The van der Waals surface area contributed by atoms with Gasteiger partial charge >= 0.3 is 0 Å². The molecule has 2 atom stereocenters. The second-order valence-electron chi connectivity index (χ2n) is 5.01. The van der Waals surface area contributed by atoms with Crippen molar-refractivity contribution >= 4 is 11.6 Å². The highest BCUT2D eigenvalue weighted by Gasteiger charge is 2.24. The fourth-order valence-corrected chi connectivity index (χ4v) is 2.31. The number of benzene rings is 1. The largest absolute Gasteiger partial charge is 0.493 e. The van der Waals surface area contributed by atoms with E-state index in [1.54, 1.807) is 0 Å². The van der Waals surface area contributed by atoms with Gasteiger partial charge in [0.25, 0.3) is 0 Å². The van der Waals surface area contributed by atoms with Crippen LogP contribution in [0.1, 0.15) is 42.6 Å². The molecule has 2 unspecified atom stereocenters. The Bertz CT molecular complexity index is 451. The van der Waals surface area contributed by atoms with Gasteiger partial charge in [0.15, 0.2) is 0 Å². The average Bonchev–Trinajstić information content (AvgIpc) is 2.42. The molecule has 0 saturated carbocycles. The van der Waals surface area contributed by atoms with Gasteiger partial charge in [-0.05, 0) is 43.9 Å². The molecule has 1 aromatic carbocycles. The van der Waals surface area contributed by atoms with Gasteiger partial charge < -0.3 is 20.7 Å². The van der Waals surface area contributed by atoms with Crippen molar-refractivity contribution < 1.29 is 14.9 Å². The molecule has 0 fully saturated rings. The number of hydrogen-bond acceptors (Lipinski definition) is 4. The van der Waals surface area contributed by atoms with E-state index < -0.39 is 12.1 Å². The van der Waals surface area contributed by atoms with Crippen LogP contribution in [0.3, 0.4) is 0 Å². The zero-order valence-electron chi connectivity index (χ0n) is 12.3. The average molecular weight is 302 g/mol. The Labute approximate surface area is 125 Å². The minimum absolute atomic E-state index is 0.0674. The molecule has 114 valence electrons. The molecule has 20 heavy (non-hydrogen) atoms. The fourth-order valence-electron chi connectivity index (χ4n) is 2.16. The second-order valence-corrected chi connectivity index (χ2v) is 5.39. The third kappa shape index (κ3) is 3.85. The molecule has 0 bridgehead atoms. The Balaban J connectivity index is 3.22. The lowest BCUT2D eigenvalue weighted by molar-refractivity contribution is 0.124. The molecule has 0 aliphatic heterocycles. The predicted octanol–water partition coefficient (Wildman–Crippen LogP) is 2.49. The molecule has 0 spiro atoms. The minimum Gasteiger partial charge on any atom is -0.493 e. The minimum atomic E-state index is -0.910. The van der Waals surface area contributed by atoms with Crippen molar-refractivity contribution in [3.63, 3.8) is 0 Å². The molecule has 1 rings (SSSR count). The maximum absolute atomic E-state index is 10.4. The first-order valence-corrected chi connectivity index (χ1v) is 7.28. The van der Waals surface area contributed by atoms with Crippen molar-refractivity contribution in [3.8, 4) is 5.75 Å². The number of rotatable bonds is 7. The molecule has 4 nitrogen and oxygen atoms in total. The number of halogens is 1. The third-order valence-corrected chi connectivity index (χ3v) is 3.90. The summed E-state index contributed by atoms with van der Waals surface area (Å²) in [5.41, 5.74) is 8.21. The summed E-state index contributed by atoms with van der Waals surface area (Å²) in [6.45, 7) is 6.26. The first kappa shape index (κ1) is 17.2. The number of aliphatic hydroxyl groups excluding tert-OH is 2. The molecule has 1 aromatic rings. The summed E-state index contributed by atoms with van der Waals surface area (Å²) in [7, 11) is 0. The first-order valence-electron chi connectivity index (χ1n) is 6.90. The fraction of sp³-hybridized carbons (Fsp3) is 0.600. The van der Waals surface area contributed by atoms with E-state index in [2.05, 4.69) is 0 Å². The molecule has 0 saturated heterocycles. The van der Waals surface area contributed by atoms with Crippen molar-refractivity contribution in [1.29, 1.82) is 0 Å². The van der Waals surface area contributed by atoms with Crippen LogP contribution < -0.4 is 10.5 Å². The summed E-state index contributed by atoms with van der Waals surface area (Å²) in [6.07, 6.45) is 0.283. The molecular weight excluding hydrogens is 278 g/mol. The van der Waals surface area contributed by atoms with Crippen LogP contribution in [0.15, 0.2) is 6.07 Å². The maximum Gasteiger partial charge on any atom is 0.125 e. The van der Waals surface area contributed by atoms with Crippen LogP contribution in [-0.2, 0) is 0 Å². The normalized spacial score (nSPS) is 14.2. The standard InChI is InChI=1S/C15H24ClNO3/c1-4-7-20-12-8-9(2)14(16)10(3)13(12)15(19)11(17)5-6-18/h8,11,15,18-19H,4-7,17H2,1-3H3. The Hall–Kier alpha value is -0.810. The maximum atomic E-state index is 10.4. The van der Waals surface area contributed by atoms with E-state index in [0.29, 0.717) is 29.4 Å². The zero-order valence-corrected chi connectivity index (χ0v) is 13.1. The van der Waals surface area contributed by atoms with E-state index >= 15 is 0 Å². The molecule has 0 aromatic heterocycles. The van der Waals surface area contributed by atoms with Gasteiger partial charge in [0.1, 0.15) is 5.75 Å². The predicted molar refractivity (Wildman–Crippen MR) is 81.4 cm³/mol. The Morgan fingerprint density at radius 1 is 1.40 bits per heavy atom. The molecule has 0 radical (unpaired) electrons. The highest BCUT2D eigenvalue weighted by atomic mass is 35.5. The van der Waals surface area contributed by atoms with Crippen molar-refractivity contribution in [3.05, 3.63) is 27.8 Å². The number of aliphatic hydroxyl groups is 2. The lowest BCUT2D eigenvalue weighted by Crippen LogP contribution is -2.30. The SMILES string of the molecule is CCCOc1cc(C)c(Cl)c(C)c1C(O)C(N)CCO. The summed E-state index contributed by atoms with van der Waals surface area (Å²) < 4.78 is 5.72. The summed E-state index contributed by atoms with van der Waals surface area (Å²) in [5, 5.41) is 20.0. The van der Waals surface area contributed by atoms with Crippen LogP contribution in [0.25, 0.3) is 0 Å². The first-order chi connectivity index (χ1) is 9.43. The summed E-state index contributed by atoms with van der Waals surface area (Å²) >= 11 is 6.26. The molecule has 4 N–H and O–H groups in total. The number of aryl methyl sites for hydroxylation is 1. The van der Waals surface area contributed by atoms with E-state index in [1.807, 2.05) is 26.8 Å². The van der Waals surface area contributed by atoms with Gasteiger partial charge in [-0.3, -0.25) is 0 Å². The van der Waals surface area contributed by atoms with E-state index in [4.69, 9.17) is 27.2 Å². The van der Waals surface area contributed by atoms with Crippen LogP contribution in [0.4, 0.5) is 0 Å². The van der Waals surface area contributed by atoms with E-state index in [1.165, 1.54) is 0 Å². The van der Waals surface area contributed by atoms with E-state index in [-0.39, 0.29) is 6.61 Å². The highest BCUT2D eigenvalue weighted by molar-refractivity contribution is 6.32. The number of hydrogen-bond donors (Lipinski definition) is 3. The van der Waals surface area contributed by atoms with Crippen LogP contribution in [-0.4, -0.2) is 29.5 Å². The molecule has 0 aliphatic rings. The lowest BCUT2D eigenvalue weighted by Gasteiger charge is -2.24. The number of nitrogens with two attached hydrogens (primary N) is 1.